The number of aromatic hydroxyl groups is 1. The number of benzene rings is 4. The fourth-order valence-electron chi connectivity index (χ4n) is 5.91. The number of Topliss-reactive ketones (excluding diaryl/α,β-unsaturated/α-hetero) is 1. The van der Waals surface area contributed by atoms with Gasteiger partial charge in [-0.2, -0.15) is 10.5 Å². The average molecular weight is 468 g/mol. The van der Waals surface area contributed by atoms with E-state index < -0.39 is 23.4 Å². The summed E-state index contributed by atoms with van der Waals surface area (Å²) in [6.07, 6.45) is 3.85. The first-order valence-corrected chi connectivity index (χ1v) is 11.8. The van der Waals surface area contributed by atoms with Crippen LogP contribution in [0.1, 0.15) is 27.4 Å². The van der Waals surface area contributed by atoms with Gasteiger partial charge in [-0.15, -0.1) is 0 Å². The SMILES string of the molecule is N#CC1(C#N)[C@H](c2cccc(O)c2)[C@H](C(=O)c2ccccc2)N2c3ccc4ccccc4c3C=C[C@@H]21. The summed E-state index contributed by atoms with van der Waals surface area (Å²) in [5, 5.41) is 33.5. The molecule has 5 nitrogen and oxygen atoms in total. The van der Waals surface area contributed by atoms with Gasteiger partial charge in [0.25, 0.3) is 0 Å². The van der Waals surface area contributed by atoms with E-state index in [-0.39, 0.29) is 11.5 Å². The van der Waals surface area contributed by atoms with Crippen LogP contribution in [-0.4, -0.2) is 23.0 Å². The molecule has 0 unspecified atom stereocenters. The van der Waals surface area contributed by atoms with Crippen LogP contribution < -0.4 is 4.90 Å². The quantitative estimate of drug-likeness (QED) is 0.383. The van der Waals surface area contributed by atoms with Crippen LogP contribution in [0.15, 0.2) is 97.1 Å². The molecular weight excluding hydrogens is 446 g/mol. The molecule has 1 N–H and O–H groups in total. The molecule has 0 amide bonds. The molecule has 1 saturated heterocycles. The lowest BCUT2D eigenvalue weighted by molar-refractivity contribution is 0.0951. The standard InChI is InChI=1S/C31H21N3O2/c32-18-31(19-33)27-16-14-25-24-12-5-4-7-20(24)13-15-26(25)34(27)29(30(36)21-8-2-1-3-9-21)28(31)22-10-6-11-23(35)17-22/h1-17,27-29,35H/t27-,28-,29-/m1/s1. The molecule has 0 saturated carbocycles. The van der Waals surface area contributed by atoms with Gasteiger partial charge in [0.05, 0.1) is 18.2 Å². The number of anilines is 1. The summed E-state index contributed by atoms with van der Waals surface area (Å²) in [6.45, 7) is 0. The van der Waals surface area contributed by atoms with E-state index in [0.29, 0.717) is 11.1 Å². The lowest BCUT2D eigenvalue weighted by atomic mass is 9.69. The molecule has 172 valence electrons. The molecule has 36 heavy (non-hydrogen) atoms. The van der Waals surface area contributed by atoms with Crippen LogP contribution in [0.25, 0.3) is 16.8 Å². The van der Waals surface area contributed by atoms with Gasteiger partial charge in [-0.3, -0.25) is 4.79 Å². The van der Waals surface area contributed by atoms with Crippen molar-refractivity contribution in [2.24, 2.45) is 5.41 Å². The molecule has 0 aliphatic carbocycles. The first kappa shape index (κ1) is 21.6. The molecule has 4 aromatic rings. The van der Waals surface area contributed by atoms with E-state index in [4.69, 9.17) is 0 Å². The summed E-state index contributed by atoms with van der Waals surface area (Å²) in [6, 6.07) is 30.7. The zero-order chi connectivity index (χ0) is 24.9. The molecule has 4 aromatic carbocycles. The maximum Gasteiger partial charge on any atom is 0.185 e. The molecule has 3 atom stereocenters. The molecule has 5 heteroatoms. The maximum absolute atomic E-state index is 14.2. The van der Waals surface area contributed by atoms with Crippen molar-refractivity contribution >= 4 is 28.3 Å². The van der Waals surface area contributed by atoms with Crippen molar-refractivity contribution in [2.45, 2.75) is 18.0 Å². The zero-order valence-corrected chi connectivity index (χ0v) is 19.2. The summed E-state index contributed by atoms with van der Waals surface area (Å²) >= 11 is 0. The van der Waals surface area contributed by atoms with E-state index in [1.165, 1.54) is 0 Å². The third kappa shape index (κ3) is 2.97. The summed E-state index contributed by atoms with van der Waals surface area (Å²) in [5.41, 5.74) is 1.31. The summed E-state index contributed by atoms with van der Waals surface area (Å²) in [5.74, 6) is -0.940. The fourth-order valence-corrected chi connectivity index (χ4v) is 5.91. The molecule has 0 radical (unpaired) electrons. The van der Waals surface area contributed by atoms with E-state index in [2.05, 4.69) is 12.1 Å². The monoisotopic (exact) mass is 467 g/mol. The Kier molecular flexibility index (Phi) is 4.88. The fraction of sp³-hybridized carbons (Fsp3) is 0.129. The van der Waals surface area contributed by atoms with Crippen LogP contribution in [0, 0.1) is 28.1 Å². The zero-order valence-electron chi connectivity index (χ0n) is 19.2. The molecule has 0 aromatic heterocycles. The summed E-state index contributed by atoms with van der Waals surface area (Å²) < 4.78 is 0. The van der Waals surface area contributed by atoms with Gasteiger partial charge in [-0.05, 0) is 34.5 Å². The van der Waals surface area contributed by atoms with Gasteiger partial charge in [0.15, 0.2) is 11.2 Å². The van der Waals surface area contributed by atoms with E-state index in [1.807, 2.05) is 71.6 Å². The molecule has 1 fully saturated rings. The molecule has 0 spiro atoms. The summed E-state index contributed by atoms with van der Waals surface area (Å²) in [4.78, 5) is 16.2. The van der Waals surface area contributed by atoms with Gasteiger partial charge in [0, 0.05) is 22.7 Å². The number of hydrogen-bond acceptors (Lipinski definition) is 5. The number of carbonyl (C=O) groups excluding carboxylic acids is 1. The van der Waals surface area contributed by atoms with Crippen LogP contribution in [0.2, 0.25) is 0 Å². The number of phenols is 1. The molecule has 2 aliphatic heterocycles. The number of carbonyl (C=O) groups is 1. The number of nitrogens with zero attached hydrogens (tertiary/aromatic N) is 3. The summed E-state index contributed by atoms with van der Waals surface area (Å²) in [7, 11) is 0. The highest BCUT2D eigenvalue weighted by Gasteiger charge is 2.63. The number of nitriles is 2. The third-order valence-electron chi connectivity index (χ3n) is 7.47. The highest BCUT2D eigenvalue weighted by Crippen LogP contribution is 2.56. The van der Waals surface area contributed by atoms with Gasteiger partial charge >= 0.3 is 0 Å². The Labute approximate surface area is 208 Å². The Morgan fingerprint density at radius 3 is 2.39 bits per heavy atom. The minimum absolute atomic E-state index is 0.0231. The van der Waals surface area contributed by atoms with Crippen LogP contribution in [-0.2, 0) is 0 Å². The Morgan fingerprint density at radius 2 is 1.64 bits per heavy atom. The largest absolute Gasteiger partial charge is 0.508 e. The van der Waals surface area contributed by atoms with Gasteiger partial charge in [0.2, 0.25) is 0 Å². The van der Waals surface area contributed by atoms with E-state index >= 15 is 0 Å². The van der Waals surface area contributed by atoms with Crippen LogP contribution in [0.4, 0.5) is 5.69 Å². The average Bonchev–Trinajstić information content (AvgIpc) is 3.24. The molecule has 2 heterocycles. The predicted octanol–water partition coefficient (Wildman–Crippen LogP) is 5.83. The number of phenolic OH excluding ortho intramolecular Hbond substituents is 1. The highest BCUT2D eigenvalue weighted by molar-refractivity contribution is 6.06. The van der Waals surface area contributed by atoms with Crippen molar-refractivity contribution in [3.8, 4) is 17.9 Å². The van der Waals surface area contributed by atoms with Crippen molar-refractivity contribution < 1.29 is 9.90 Å². The van der Waals surface area contributed by atoms with E-state index in [1.54, 1.807) is 36.4 Å². The Morgan fingerprint density at radius 1 is 0.889 bits per heavy atom. The predicted molar refractivity (Wildman–Crippen MR) is 138 cm³/mol. The second kappa shape index (κ2) is 8.12. The third-order valence-corrected chi connectivity index (χ3v) is 7.47. The molecular formula is C31H21N3O2. The first-order valence-electron chi connectivity index (χ1n) is 11.8. The second-order valence-corrected chi connectivity index (χ2v) is 9.27. The van der Waals surface area contributed by atoms with Crippen molar-refractivity contribution in [3.63, 3.8) is 0 Å². The highest BCUT2D eigenvalue weighted by atomic mass is 16.3. The van der Waals surface area contributed by atoms with Crippen molar-refractivity contribution in [3.05, 3.63) is 114 Å². The molecule has 6 rings (SSSR count). The first-order chi connectivity index (χ1) is 17.6. The maximum atomic E-state index is 14.2. The van der Waals surface area contributed by atoms with Crippen molar-refractivity contribution in [1.29, 1.82) is 10.5 Å². The smallest absolute Gasteiger partial charge is 0.185 e. The van der Waals surface area contributed by atoms with Crippen LogP contribution >= 0.6 is 0 Å². The van der Waals surface area contributed by atoms with Crippen molar-refractivity contribution in [2.75, 3.05) is 4.90 Å². The van der Waals surface area contributed by atoms with Crippen molar-refractivity contribution in [1.82, 2.24) is 0 Å². The number of rotatable bonds is 3. The van der Waals surface area contributed by atoms with E-state index in [9.17, 15) is 20.4 Å². The topological polar surface area (TPSA) is 88.1 Å². The van der Waals surface area contributed by atoms with E-state index in [0.717, 1.165) is 22.0 Å². The van der Waals surface area contributed by atoms with Crippen LogP contribution in [0.5, 0.6) is 5.75 Å². The second-order valence-electron chi connectivity index (χ2n) is 9.27. The molecule has 2 aliphatic rings. The normalized spacial score (nSPS) is 21.3. The minimum atomic E-state index is -1.55. The van der Waals surface area contributed by atoms with Gasteiger partial charge in [0.1, 0.15) is 11.8 Å². The Balaban J connectivity index is 1.65. The Hall–Kier alpha value is -4.87. The van der Waals surface area contributed by atoms with Crippen LogP contribution in [0.3, 0.4) is 0 Å². The lowest BCUT2D eigenvalue weighted by Crippen LogP contribution is -2.44. The Bertz CT molecular complexity index is 1610. The number of fused-ring (bicyclic) bond motifs is 5. The lowest BCUT2D eigenvalue weighted by Gasteiger charge is -2.36. The number of hydrogen-bond donors (Lipinski definition) is 1. The van der Waals surface area contributed by atoms with Gasteiger partial charge in [-0.1, -0.05) is 84.9 Å². The minimum Gasteiger partial charge on any atom is -0.508 e. The molecule has 0 bridgehead atoms. The number of ketones is 1. The van der Waals surface area contributed by atoms with Gasteiger partial charge < -0.3 is 10.0 Å². The van der Waals surface area contributed by atoms with Gasteiger partial charge in [-0.25, -0.2) is 0 Å².